The van der Waals surface area contributed by atoms with E-state index in [1.54, 1.807) is 31.0 Å². The molecule has 4 rings (SSSR count). The first kappa shape index (κ1) is 16.3. The van der Waals surface area contributed by atoms with Crippen LogP contribution >= 0.6 is 0 Å². The molecule has 1 aliphatic heterocycles. The van der Waals surface area contributed by atoms with Crippen LogP contribution in [0.15, 0.2) is 61.3 Å². The maximum Gasteiger partial charge on any atom is 0.257 e. The summed E-state index contributed by atoms with van der Waals surface area (Å²) < 4.78 is 0. The molecule has 0 unspecified atom stereocenters. The third-order valence-corrected chi connectivity index (χ3v) is 4.61. The molecule has 0 spiro atoms. The van der Waals surface area contributed by atoms with Crippen molar-refractivity contribution in [1.82, 2.24) is 24.8 Å². The maximum absolute atomic E-state index is 13.0. The number of aromatic nitrogens is 4. The van der Waals surface area contributed by atoms with E-state index in [0.717, 1.165) is 37.1 Å². The van der Waals surface area contributed by atoms with Gasteiger partial charge in [-0.25, -0.2) is 9.97 Å². The molecule has 3 aromatic rings. The van der Waals surface area contributed by atoms with Gasteiger partial charge in [0.25, 0.3) is 5.91 Å². The van der Waals surface area contributed by atoms with E-state index in [4.69, 9.17) is 0 Å². The van der Waals surface area contributed by atoms with Crippen LogP contribution in [0.2, 0.25) is 0 Å². The van der Waals surface area contributed by atoms with Crippen LogP contribution in [0.5, 0.6) is 0 Å². The van der Waals surface area contributed by atoms with Gasteiger partial charge in [0.1, 0.15) is 0 Å². The highest BCUT2D eigenvalue weighted by molar-refractivity contribution is 5.94. The SMILES string of the molecule is O=C(c1cnc(-c2cccnc2)nc1)N1CCCC[C@H]1c1ccccn1. The lowest BCUT2D eigenvalue weighted by molar-refractivity contribution is 0.0605. The van der Waals surface area contributed by atoms with E-state index in [1.165, 1.54) is 0 Å². The summed E-state index contributed by atoms with van der Waals surface area (Å²) in [6.07, 6.45) is 11.4. The van der Waals surface area contributed by atoms with E-state index in [1.807, 2.05) is 35.2 Å². The van der Waals surface area contributed by atoms with E-state index in [9.17, 15) is 4.79 Å². The quantitative estimate of drug-likeness (QED) is 0.728. The predicted molar refractivity (Wildman–Crippen MR) is 97.1 cm³/mol. The first-order valence-electron chi connectivity index (χ1n) is 8.77. The zero-order chi connectivity index (χ0) is 17.8. The van der Waals surface area contributed by atoms with Gasteiger partial charge in [-0.15, -0.1) is 0 Å². The summed E-state index contributed by atoms with van der Waals surface area (Å²) in [7, 11) is 0. The zero-order valence-electron chi connectivity index (χ0n) is 14.3. The Labute approximate surface area is 152 Å². The number of carbonyl (C=O) groups is 1. The van der Waals surface area contributed by atoms with E-state index in [0.29, 0.717) is 11.4 Å². The minimum absolute atomic E-state index is 0.00968. The molecule has 0 aliphatic carbocycles. The smallest absolute Gasteiger partial charge is 0.257 e. The summed E-state index contributed by atoms with van der Waals surface area (Å²) >= 11 is 0. The topological polar surface area (TPSA) is 71.9 Å². The number of piperidine rings is 1. The summed E-state index contributed by atoms with van der Waals surface area (Å²) in [5.74, 6) is 0.521. The number of nitrogens with zero attached hydrogens (tertiary/aromatic N) is 5. The average molecular weight is 345 g/mol. The lowest BCUT2D eigenvalue weighted by atomic mass is 9.98. The third-order valence-electron chi connectivity index (χ3n) is 4.61. The number of rotatable bonds is 3. The first-order valence-corrected chi connectivity index (χ1v) is 8.77. The Bertz CT molecular complexity index is 868. The fraction of sp³-hybridized carbons (Fsp3) is 0.250. The van der Waals surface area contributed by atoms with E-state index in [2.05, 4.69) is 19.9 Å². The van der Waals surface area contributed by atoms with Crippen molar-refractivity contribution in [1.29, 1.82) is 0 Å². The molecule has 6 heteroatoms. The second kappa shape index (κ2) is 7.39. The molecule has 1 aliphatic rings. The highest BCUT2D eigenvalue weighted by Gasteiger charge is 2.29. The molecular formula is C20H19N5O. The summed E-state index contributed by atoms with van der Waals surface area (Å²) in [5, 5.41) is 0. The van der Waals surface area contributed by atoms with Crippen LogP contribution in [0.25, 0.3) is 11.4 Å². The normalized spacial score (nSPS) is 17.1. The number of hydrogen-bond acceptors (Lipinski definition) is 5. The van der Waals surface area contributed by atoms with Crippen molar-refractivity contribution in [3.8, 4) is 11.4 Å². The molecule has 3 aromatic heterocycles. The number of pyridine rings is 2. The molecule has 0 N–H and O–H groups in total. The van der Waals surface area contributed by atoms with E-state index >= 15 is 0 Å². The molecule has 26 heavy (non-hydrogen) atoms. The first-order chi connectivity index (χ1) is 12.8. The van der Waals surface area contributed by atoms with Gasteiger partial charge in [0.15, 0.2) is 5.82 Å². The van der Waals surface area contributed by atoms with Crippen molar-refractivity contribution < 1.29 is 4.79 Å². The van der Waals surface area contributed by atoms with Crippen LogP contribution in [-0.4, -0.2) is 37.3 Å². The molecular weight excluding hydrogens is 326 g/mol. The van der Waals surface area contributed by atoms with Crippen LogP contribution in [-0.2, 0) is 0 Å². The lowest BCUT2D eigenvalue weighted by Crippen LogP contribution is -2.39. The zero-order valence-corrected chi connectivity index (χ0v) is 14.3. The number of hydrogen-bond donors (Lipinski definition) is 0. The lowest BCUT2D eigenvalue weighted by Gasteiger charge is -2.35. The molecule has 1 amide bonds. The minimum atomic E-state index is -0.0434. The minimum Gasteiger partial charge on any atom is -0.330 e. The van der Waals surface area contributed by atoms with E-state index < -0.39 is 0 Å². The Morgan fingerprint density at radius 1 is 0.962 bits per heavy atom. The summed E-state index contributed by atoms with van der Waals surface area (Å²) in [6.45, 7) is 0.727. The molecule has 6 nitrogen and oxygen atoms in total. The molecule has 4 heterocycles. The van der Waals surface area contributed by atoms with Gasteiger partial charge in [-0.3, -0.25) is 14.8 Å². The van der Waals surface area contributed by atoms with Gasteiger partial charge < -0.3 is 4.90 Å². The Morgan fingerprint density at radius 3 is 2.58 bits per heavy atom. The fourth-order valence-corrected chi connectivity index (χ4v) is 3.30. The summed E-state index contributed by atoms with van der Waals surface area (Å²) in [4.78, 5) is 32.2. The van der Waals surface area contributed by atoms with Crippen LogP contribution in [0, 0.1) is 0 Å². The molecule has 130 valence electrons. The van der Waals surface area contributed by atoms with E-state index in [-0.39, 0.29) is 11.9 Å². The van der Waals surface area contributed by atoms with Gasteiger partial charge in [0.05, 0.1) is 17.3 Å². The maximum atomic E-state index is 13.0. The van der Waals surface area contributed by atoms with Crippen LogP contribution < -0.4 is 0 Å². The largest absolute Gasteiger partial charge is 0.330 e. The second-order valence-electron chi connectivity index (χ2n) is 6.30. The number of carbonyl (C=O) groups excluding carboxylic acids is 1. The van der Waals surface area contributed by atoms with Crippen molar-refractivity contribution in [3.63, 3.8) is 0 Å². The third kappa shape index (κ3) is 3.31. The molecule has 0 saturated carbocycles. The van der Waals surface area contributed by atoms with Crippen molar-refractivity contribution in [2.45, 2.75) is 25.3 Å². The highest BCUT2D eigenvalue weighted by Crippen LogP contribution is 2.30. The Morgan fingerprint density at radius 2 is 1.85 bits per heavy atom. The predicted octanol–water partition coefficient (Wildman–Crippen LogP) is 3.30. The van der Waals surface area contributed by atoms with Crippen LogP contribution in [0.1, 0.15) is 41.4 Å². The van der Waals surface area contributed by atoms with Gasteiger partial charge >= 0.3 is 0 Å². The average Bonchev–Trinajstić information content (AvgIpc) is 2.75. The number of likely N-dealkylation sites (tertiary alicyclic amines) is 1. The van der Waals surface area contributed by atoms with Gasteiger partial charge in [-0.1, -0.05) is 6.07 Å². The van der Waals surface area contributed by atoms with Gasteiger partial charge in [0, 0.05) is 43.1 Å². The Kier molecular flexibility index (Phi) is 4.64. The van der Waals surface area contributed by atoms with Crippen molar-refractivity contribution in [2.75, 3.05) is 6.54 Å². The van der Waals surface area contributed by atoms with Crippen molar-refractivity contribution >= 4 is 5.91 Å². The molecule has 1 fully saturated rings. The van der Waals surface area contributed by atoms with Crippen LogP contribution in [0.4, 0.5) is 0 Å². The van der Waals surface area contributed by atoms with Gasteiger partial charge in [-0.2, -0.15) is 0 Å². The molecule has 0 aromatic carbocycles. The summed E-state index contributed by atoms with van der Waals surface area (Å²) in [6, 6.07) is 9.58. The molecule has 0 bridgehead atoms. The Balaban J connectivity index is 1.58. The monoisotopic (exact) mass is 345 g/mol. The number of amides is 1. The molecule has 0 radical (unpaired) electrons. The standard InChI is InChI=1S/C20H19N5O/c26-20(16-13-23-19(24-14-16)15-6-5-9-21-12-15)25-11-4-2-8-18(25)17-7-1-3-10-22-17/h1,3,5-7,9-10,12-14,18H,2,4,8,11H2/t18-/m0/s1. The van der Waals surface area contributed by atoms with Crippen molar-refractivity contribution in [3.05, 3.63) is 72.6 Å². The van der Waals surface area contributed by atoms with Crippen LogP contribution in [0.3, 0.4) is 0 Å². The summed E-state index contributed by atoms with van der Waals surface area (Å²) in [5.41, 5.74) is 2.27. The second-order valence-corrected chi connectivity index (χ2v) is 6.30. The van der Waals surface area contributed by atoms with Crippen molar-refractivity contribution in [2.24, 2.45) is 0 Å². The Hall–Kier alpha value is -3.15. The van der Waals surface area contributed by atoms with Gasteiger partial charge in [-0.05, 0) is 43.5 Å². The molecule has 1 atom stereocenters. The molecule has 1 saturated heterocycles. The van der Waals surface area contributed by atoms with Gasteiger partial charge in [0.2, 0.25) is 0 Å². The highest BCUT2D eigenvalue weighted by atomic mass is 16.2. The fourth-order valence-electron chi connectivity index (χ4n) is 3.30.